The Kier molecular flexibility index (Phi) is 3.39. The molecule has 1 rings (SSSR count). The highest BCUT2D eigenvalue weighted by Gasteiger charge is 2.34. The highest BCUT2D eigenvalue weighted by atomic mass is 127. The maximum atomic E-state index is 12.8. The summed E-state index contributed by atoms with van der Waals surface area (Å²) < 4.78 is 49.5. The van der Waals surface area contributed by atoms with Gasteiger partial charge < -0.3 is 0 Å². The summed E-state index contributed by atoms with van der Waals surface area (Å²) in [6.45, 7) is 1.74. The molecule has 0 saturated carbocycles. The van der Waals surface area contributed by atoms with E-state index in [9.17, 15) is 17.6 Å². The quantitative estimate of drug-likeness (QED) is 0.410. The van der Waals surface area contributed by atoms with Crippen LogP contribution in [0.15, 0.2) is 18.2 Å². The molecule has 0 saturated heterocycles. The van der Waals surface area contributed by atoms with Gasteiger partial charge in [-0.15, -0.1) is 0 Å². The molecule has 0 aliphatic carbocycles. The summed E-state index contributed by atoms with van der Waals surface area (Å²) in [6.07, 6.45) is -4.62. The minimum Gasteiger partial charge on any atom is -0.206 e. The van der Waals surface area contributed by atoms with Crippen LogP contribution >= 0.6 is 22.6 Å². The van der Waals surface area contributed by atoms with Gasteiger partial charge in [0.1, 0.15) is 5.82 Å². The molecule has 0 aliphatic rings. The van der Waals surface area contributed by atoms with Gasteiger partial charge in [0.2, 0.25) is 0 Å². The molecule has 1 atom stereocenters. The predicted octanol–water partition coefficient (Wildman–Crippen LogP) is 4.34. The van der Waals surface area contributed by atoms with E-state index >= 15 is 0 Å². The average Bonchev–Trinajstić information content (AvgIpc) is 2.02. The summed E-state index contributed by atoms with van der Waals surface area (Å²) in [4.78, 5) is 0. The lowest BCUT2D eigenvalue weighted by atomic mass is 10.1. The zero-order valence-electron chi connectivity index (χ0n) is 7.20. The zero-order chi connectivity index (χ0) is 10.9. The van der Waals surface area contributed by atoms with E-state index in [1.54, 1.807) is 6.92 Å². The predicted molar refractivity (Wildman–Crippen MR) is 53.8 cm³/mol. The molecular weight excluding hydrogens is 311 g/mol. The number of benzene rings is 1. The van der Waals surface area contributed by atoms with Crippen LogP contribution in [0.1, 0.15) is 22.0 Å². The van der Waals surface area contributed by atoms with Gasteiger partial charge in [-0.2, -0.15) is 13.2 Å². The largest absolute Gasteiger partial charge is 0.419 e. The molecule has 0 fully saturated rings. The van der Waals surface area contributed by atoms with Crippen LogP contribution in [0.25, 0.3) is 0 Å². The van der Waals surface area contributed by atoms with Crippen molar-refractivity contribution in [3.8, 4) is 0 Å². The molecule has 0 bridgehead atoms. The summed E-state index contributed by atoms with van der Waals surface area (Å²) in [6, 6.07) is 3.07. The molecule has 14 heavy (non-hydrogen) atoms. The standard InChI is InChI=1S/C9H7F4I/c1-5(14)6-2-3-8(10)7(4-6)9(11,12)13/h2-5H,1H3. The van der Waals surface area contributed by atoms with Crippen LogP contribution in [-0.4, -0.2) is 0 Å². The van der Waals surface area contributed by atoms with Crippen molar-refractivity contribution in [2.24, 2.45) is 0 Å². The third-order valence-corrected chi connectivity index (χ3v) is 2.47. The van der Waals surface area contributed by atoms with Gasteiger partial charge in [0.05, 0.1) is 5.56 Å². The van der Waals surface area contributed by atoms with Crippen LogP contribution in [0.2, 0.25) is 0 Å². The maximum Gasteiger partial charge on any atom is 0.419 e. The molecule has 1 aromatic rings. The van der Waals surface area contributed by atoms with Crippen molar-refractivity contribution in [1.82, 2.24) is 0 Å². The van der Waals surface area contributed by atoms with Gasteiger partial charge in [0.25, 0.3) is 0 Å². The number of hydrogen-bond acceptors (Lipinski definition) is 0. The van der Waals surface area contributed by atoms with Crippen molar-refractivity contribution >= 4 is 22.6 Å². The number of rotatable bonds is 1. The smallest absolute Gasteiger partial charge is 0.206 e. The minimum absolute atomic E-state index is 0.0747. The second-order valence-corrected chi connectivity index (χ2v) is 4.72. The van der Waals surface area contributed by atoms with Crippen molar-refractivity contribution in [2.45, 2.75) is 17.0 Å². The van der Waals surface area contributed by atoms with E-state index < -0.39 is 17.6 Å². The first-order valence-electron chi connectivity index (χ1n) is 3.83. The summed E-state index contributed by atoms with van der Waals surface area (Å²) in [7, 11) is 0. The van der Waals surface area contributed by atoms with Crippen molar-refractivity contribution in [1.29, 1.82) is 0 Å². The van der Waals surface area contributed by atoms with Crippen molar-refractivity contribution in [3.63, 3.8) is 0 Å². The number of alkyl halides is 4. The molecule has 1 unspecified atom stereocenters. The van der Waals surface area contributed by atoms with Crippen LogP contribution in [-0.2, 0) is 6.18 Å². The summed E-state index contributed by atoms with van der Waals surface area (Å²) in [5.74, 6) is -1.22. The van der Waals surface area contributed by atoms with Crippen LogP contribution < -0.4 is 0 Å². The molecule has 1 aromatic carbocycles. The number of hydrogen-bond donors (Lipinski definition) is 0. The molecule has 78 valence electrons. The van der Waals surface area contributed by atoms with Crippen LogP contribution in [0.3, 0.4) is 0 Å². The van der Waals surface area contributed by atoms with Crippen molar-refractivity contribution in [3.05, 3.63) is 35.1 Å². The Morgan fingerprint density at radius 3 is 2.29 bits per heavy atom. The Morgan fingerprint density at radius 2 is 1.86 bits per heavy atom. The molecule has 0 radical (unpaired) electrons. The van der Waals surface area contributed by atoms with Crippen LogP contribution in [0.4, 0.5) is 17.6 Å². The lowest BCUT2D eigenvalue weighted by Crippen LogP contribution is -2.08. The van der Waals surface area contributed by atoms with Gasteiger partial charge in [0, 0.05) is 3.92 Å². The average molecular weight is 318 g/mol. The fourth-order valence-electron chi connectivity index (χ4n) is 1.01. The molecule has 0 aliphatic heterocycles. The molecule has 0 amide bonds. The van der Waals surface area contributed by atoms with E-state index in [1.165, 1.54) is 6.07 Å². The zero-order valence-corrected chi connectivity index (χ0v) is 9.36. The maximum absolute atomic E-state index is 12.8. The molecule has 0 spiro atoms. The lowest BCUT2D eigenvalue weighted by molar-refractivity contribution is -0.140. The highest BCUT2D eigenvalue weighted by Crippen LogP contribution is 2.34. The third-order valence-electron chi connectivity index (χ3n) is 1.76. The monoisotopic (exact) mass is 318 g/mol. The van der Waals surface area contributed by atoms with Crippen LogP contribution in [0, 0.1) is 5.82 Å². The van der Waals surface area contributed by atoms with Gasteiger partial charge in [-0.05, 0) is 24.6 Å². The minimum atomic E-state index is -4.62. The Balaban J connectivity index is 3.22. The Bertz CT molecular complexity index is 330. The summed E-state index contributed by atoms with van der Waals surface area (Å²) in [5, 5.41) is 0. The molecule has 0 aromatic heterocycles. The summed E-state index contributed by atoms with van der Waals surface area (Å²) >= 11 is 1.98. The van der Waals surface area contributed by atoms with E-state index in [0.717, 1.165) is 12.1 Å². The van der Waals surface area contributed by atoms with Gasteiger partial charge in [-0.1, -0.05) is 28.7 Å². The van der Waals surface area contributed by atoms with Gasteiger partial charge in [-0.3, -0.25) is 0 Å². The SMILES string of the molecule is CC(I)c1ccc(F)c(C(F)(F)F)c1. The molecule has 0 nitrogen and oxygen atoms in total. The first-order valence-corrected chi connectivity index (χ1v) is 5.07. The molecular formula is C9H7F4I. The van der Waals surface area contributed by atoms with E-state index in [4.69, 9.17) is 0 Å². The Labute approximate surface area is 92.5 Å². The highest BCUT2D eigenvalue weighted by molar-refractivity contribution is 14.1. The Hall–Kier alpha value is -0.330. The Morgan fingerprint density at radius 1 is 1.29 bits per heavy atom. The fraction of sp³-hybridized carbons (Fsp3) is 0.333. The van der Waals surface area contributed by atoms with E-state index in [0.29, 0.717) is 5.56 Å². The molecule has 0 N–H and O–H groups in total. The second kappa shape index (κ2) is 4.04. The fourth-order valence-corrected chi connectivity index (χ4v) is 1.39. The summed E-state index contributed by atoms with van der Waals surface area (Å²) in [5.41, 5.74) is -0.724. The first kappa shape index (κ1) is 11.7. The van der Waals surface area contributed by atoms with E-state index in [1.807, 2.05) is 22.6 Å². The van der Waals surface area contributed by atoms with Crippen molar-refractivity contribution < 1.29 is 17.6 Å². The van der Waals surface area contributed by atoms with E-state index in [2.05, 4.69) is 0 Å². The van der Waals surface area contributed by atoms with Crippen LogP contribution in [0.5, 0.6) is 0 Å². The third kappa shape index (κ3) is 2.59. The van der Waals surface area contributed by atoms with Crippen molar-refractivity contribution in [2.75, 3.05) is 0 Å². The van der Waals surface area contributed by atoms with E-state index in [-0.39, 0.29) is 3.92 Å². The first-order chi connectivity index (χ1) is 6.32. The lowest BCUT2D eigenvalue weighted by Gasteiger charge is -2.11. The number of halogens is 5. The topological polar surface area (TPSA) is 0 Å². The van der Waals surface area contributed by atoms with Gasteiger partial charge in [-0.25, -0.2) is 4.39 Å². The second-order valence-electron chi connectivity index (χ2n) is 2.85. The van der Waals surface area contributed by atoms with Gasteiger partial charge >= 0.3 is 6.18 Å². The molecule has 0 heterocycles. The van der Waals surface area contributed by atoms with Gasteiger partial charge in [0.15, 0.2) is 0 Å². The normalized spacial score (nSPS) is 14.1. The molecule has 5 heteroatoms.